The molecule has 8 heteroatoms. The Bertz CT molecular complexity index is 4560. The van der Waals surface area contributed by atoms with Crippen LogP contribution in [0.25, 0.3) is 113 Å². The lowest BCUT2D eigenvalue weighted by Crippen LogP contribution is -2.10. The minimum absolute atomic E-state index is 0.00523. The van der Waals surface area contributed by atoms with E-state index < -0.39 is 0 Å². The highest BCUT2D eigenvalue weighted by atomic mass is 16.4. The Hall–Kier alpha value is -11.5. The number of benzene rings is 12. The van der Waals surface area contributed by atoms with Crippen LogP contribution in [0.4, 0.5) is 34.1 Å². The van der Waals surface area contributed by atoms with Gasteiger partial charge in [0.25, 0.3) is 0 Å². The summed E-state index contributed by atoms with van der Waals surface area (Å²) in [5.41, 5.74) is 25.0. The lowest BCUT2D eigenvalue weighted by molar-refractivity contribution is 0.582. The number of para-hydroxylation sites is 4. The van der Waals surface area contributed by atoms with E-state index in [0.29, 0.717) is 23.6 Å². The first kappa shape index (κ1) is 57.0. The third-order valence-corrected chi connectivity index (χ3v) is 17.6. The number of anilines is 6. The van der Waals surface area contributed by atoms with E-state index in [1.807, 2.05) is 0 Å². The molecule has 0 bridgehead atoms. The van der Waals surface area contributed by atoms with E-state index in [1.165, 1.54) is 11.1 Å². The second-order valence-electron chi connectivity index (χ2n) is 25.6. The van der Waals surface area contributed by atoms with Crippen molar-refractivity contribution in [3.05, 3.63) is 302 Å². The summed E-state index contributed by atoms with van der Waals surface area (Å²) < 4.78 is 13.2. The zero-order chi connectivity index (χ0) is 62.5. The van der Waals surface area contributed by atoms with Crippen LogP contribution >= 0.6 is 0 Å². The van der Waals surface area contributed by atoms with Crippen molar-refractivity contribution in [1.29, 1.82) is 0 Å². The molecule has 0 fully saturated rings. The molecular formula is C84H66N6O2. The fourth-order valence-corrected chi connectivity index (χ4v) is 12.6. The standard InChI is InChI=1S/C84H66N6O2/c1-83(2,3)63-39-27-57(28-40-63)79-85-87-81(91-79)61-37-49-73-71-47-35-60(56-33-45-70(46-34-56)90(67-23-15-9-16-24-67)68-25-17-10-18-26-68)52-76(71)78-54-62(82-88-86-80(92-82)58-29-41-64(42-30-58)84(4,5)6)38-50-74(78)72-48-36-59(51-75(72)77(73)53-61)55-31-43-69(44-32-55)89(65-19-11-7-12-20-65)66-21-13-8-14-22-66/h7-54H,1-6H3. The molecule has 1 aliphatic carbocycles. The van der Waals surface area contributed by atoms with Crippen LogP contribution in [0.15, 0.2) is 300 Å². The van der Waals surface area contributed by atoms with E-state index in [0.717, 1.165) is 123 Å². The van der Waals surface area contributed by atoms with Crippen molar-refractivity contribution in [1.82, 2.24) is 20.4 Å². The van der Waals surface area contributed by atoms with Crippen molar-refractivity contribution in [2.24, 2.45) is 0 Å². The van der Waals surface area contributed by atoms with Gasteiger partial charge in [0.05, 0.1) is 0 Å². The van der Waals surface area contributed by atoms with Crippen LogP contribution in [0, 0.1) is 0 Å². The van der Waals surface area contributed by atoms with Crippen molar-refractivity contribution in [3.63, 3.8) is 0 Å². The second kappa shape index (κ2) is 23.5. The number of fused-ring (bicyclic) bond motifs is 8. The molecule has 15 rings (SSSR count). The average Bonchev–Trinajstić information content (AvgIpc) is 0.824. The molecule has 0 amide bonds. The molecule has 0 unspecified atom stereocenters. The van der Waals surface area contributed by atoms with E-state index in [1.54, 1.807) is 0 Å². The Labute approximate surface area is 537 Å². The zero-order valence-electron chi connectivity index (χ0n) is 52.2. The van der Waals surface area contributed by atoms with Crippen LogP contribution < -0.4 is 9.80 Å². The van der Waals surface area contributed by atoms with Gasteiger partial charge >= 0.3 is 0 Å². The summed E-state index contributed by atoms with van der Waals surface area (Å²) >= 11 is 0. The van der Waals surface area contributed by atoms with Crippen LogP contribution in [-0.4, -0.2) is 20.4 Å². The normalized spacial score (nSPS) is 11.8. The summed E-state index contributed by atoms with van der Waals surface area (Å²) in [7, 11) is 0. The van der Waals surface area contributed by atoms with E-state index >= 15 is 0 Å². The van der Waals surface area contributed by atoms with Gasteiger partial charge in [-0.1, -0.05) is 199 Å². The molecular weight excluding hydrogens is 1120 g/mol. The van der Waals surface area contributed by atoms with Gasteiger partial charge in [-0.05, 0) is 222 Å². The molecule has 0 saturated heterocycles. The number of rotatable bonds is 12. The Morgan fingerprint density at radius 3 is 0.728 bits per heavy atom. The first-order chi connectivity index (χ1) is 44.8. The van der Waals surface area contributed by atoms with Crippen LogP contribution in [0.1, 0.15) is 52.7 Å². The molecule has 0 saturated carbocycles. The Morgan fingerprint density at radius 2 is 0.446 bits per heavy atom. The molecule has 444 valence electrons. The average molecular weight is 1190 g/mol. The summed E-state index contributed by atoms with van der Waals surface area (Å²) in [6, 6.07) is 104. The molecule has 2 heterocycles. The van der Waals surface area contributed by atoms with Gasteiger partial charge in [-0.25, -0.2) is 0 Å². The van der Waals surface area contributed by atoms with Gasteiger partial charge in [0.2, 0.25) is 23.6 Å². The smallest absolute Gasteiger partial charge is 0.248 e. The van der Waals surface area contributed by atoms with E-state index in [4.69, 9.17) is 19.0 Å². The molecule has 0 aliphatic heterocycles. The summed E-state index contributed by atoms with van der Waals surface area (Å²) in [6.07, 6.45) is 0. The van der Waals surface area contributed by atoms with Crippen LogP contribution in [0.2, 0.25) is 0 Å². The Kier molecular flexibility index (Phi) is 14.5. The van der Waals surface area contributed by atoms with E-state index in [9.17, 15) is 0 Å². The van der Waals surface area contributed by atoms with Crippen LogP contribution in [0.3, 0.4) is 0 Å². The maximum Gasteiger partial charge on any atom is 0.248 e. The van der Waals surface area contributed by atoms with Gasteiger partial charge in [0.1, 0.15) is 0 Å². The van der Waals surface area contributed by atoms with E-state index in [-0.39, 0.29) is 10.8 Å². The van der Waals surface area contributed by atoms with Crippen molar-refractivity contribution < 1.29 is 8.83 Å². The van der Waals surface area contributed by atoms with Gasteiger partial charge in [-0.3, -0.25) is 0 Å². The number of hydrogen-bond donors (Lipinski definition) is 0. The van der Waals surface area contributed by atoms with Crippen molar-refractivity contribution in [3.8, 4) is 113 Å². The van der Waals surface area contributed by atoms with Gasteiger partial charge < -0.3 is 18.6 Å². The number of nitrogens with zero attached hydrogens (tertiary/aromatic N) is 6. The molecule has 0 atom stereocenters. The number of aromatic nitrogens is 4. The quantitative estimate of drug-likeness (QED) is 0.120. The lowest BCUT2D eigenvalue weighted by atomic mass is 9.78. The summed E-state index contributed by atoms with van der Waals surface area (Å²) in [4.78, 5) is 4.58. The van der Waals surface area contributed by atoms with Gasteiger partial charge in [0, 0.05) is 56.4 Å². The highest BCUT2D eigenvalue weighted by molar-refractivity contribution is 6.06. The maximum absolute atomic E-state index is 6.62. The fraction of sp³-hybridized carbons (Fsp3) is 0.0952. The van der Waals surface area contributed by atoms with Crippen LogP contribution in [-0.2, 0) is 10.8 Å². The number of hydrogen-bond acceptors (Lipinski definition) is 8. The molecule has 1 aliphatic rings. The van der Waals surface area contributed by atoms with Gasteiger partial charge in [-0.2, -0.15) is 0 Å². The van der Waals surface area contributed by atoms with E-state index in [2.05, 4.69) is 353 Å². The molecule has 0 radical (unpaired) electrons. The molecule has 92 heavy (non-hydrogen) atoms. The largest absolute Gasteiger partial charge is 0.416 e. The van der Waals surface area contributed by atoms with Crippen molar-refractivity contribution >= 4 is 34.1 Å². The minimum atomic E-state index is 0.00523. The highest BCUT2D eigenvalue weighted by Gasteiger charge is 2.27. The molecule has 14 aromatic rings. The fourth-order valence-electron chi connectivity index (χ4n) is 12.6. The predicted octanol–water partition coefficient (Wildman–Crippen LogP) is 23.0. The predicted molar refractivity (Wildman–Crippen MR) is 377 cm³/mol. The lowest BCUT2D eigenvalue weighted by Gasteiger charge is -2.26. The highest BCUT2D eigenvalue weighted by Crippen LogP contribution is 2.52. The van der Waals surface area contributed by atoms with Crippen LogP contribution in [0.5, 0.6) is 0 Å². The van der Waals surface area contributed by atoms with Gasteiger partial charge in [-0.15, -0.1) is 20.4 Å². The SMILES string of the molecule is CC(C)(C)c1ccc(-c2nnc(-c3ccc4c(c3)-c3cc(-c5ccc(N(c6ccccc6)c6ccccc6)cc5)ccc3-c3ccc(-c5nnc(-c6ccc(C(C)(C)C)cc6)o5)cc3-c3cc(-c5ccc(N(c6ccccc6)c6ccccc6)cc5)ccc3-4)o2)cc1. The molecule has 12 aromatic carbocycles. The third kappa shape index (κ3) is 11.1. The first-order valence-electron chi connectivity index (χ1n) is 31.3. The topological polar surface area (TPSA) is 84.3 Å². The summed E-state index contributed by atoms with van der Waals surface area (Å²) in [5, 5.41) is 18.7. The molecule has 8 nitrogen and oxygen atoms in total. The summed E-state index contributed by atoms with van der Waals surface area (Å²) in [6.45, 7) is 13.3. The monoisotopic (exact) mass is 1190 g/mol. The van der Waals surface area contributed by atoms with Crippen molar-refractivity contribution in [2.75, 3.05) is 9.80 Å². The third-order valence-electron chi connectivity index (χ3n) is 17.6. The Morgan fingerprint density at radius 1 is 0.217 bits per heavy atom. The Balaban J connectivity index is 0.897. The molecule has 0 spiro atoms. The minimum Gasteiger partial charge on any atom is -0.416 e. The summed E-state index contributed by atoms with van der Waals surface area (Å²) in [5.74, 6) is 1.80. The zero-order valence-corrected chi connectivity index (χ0v) is 52.2. The molecule has 0 N–H and O–H groups in total. The first-order valence-corrected chi connectivity index (χ1v) is 31.3. The van der Waals surface area contributed by atoms with Gasteiger partial charge in [0.15, 0.2) is 0 Å². The molecule has 2 aromatic heterocycles. The maximum atomic E-state index is 6.62. The van der Waals surface area contributed by atoms with Crippen molar-refractivity contribution in [2.45, 2.75) is 52.4 Å². The second-order valence-corrected chi connectivity index (χ2v) is 25.6.